The molecular formula is C12H11F3N2O2. The number of nitrogens with zero attached hydrogens (tertiary/aromatic N) is 2. The van der Waals surface area contributed by atoms with Crippen LogP contribution in [0.3, 0.4) is 0 Å². The van der Waals surface area contributed by atoms with E-state index in [-0.39, 0.29) is 12.2 Å². The lowest BCUT2D eigenvalue weighted by Gasteiger charge is -2.17. The Balaban J connectivity index is 2.38. The number of amides is 3. The molecule has 0 radical (unpaired) electrons. The molecule has 0 bridgehead atoms. The van der Waals surface area contributed by atoms with E-state index in [1.54, 1.807) is 6.92 Å². The number of imide groups is 1. The summed E-state index contributed by atoms with van der Waals surface area (Å²) in [5.74, 6) is -0.522. The van der Waals surface area contributed by atoms with Gasteiger partial charge in [0.05, 0.1) is 11.3 Å². The number of rotatable bonds is 2. The predicted octanol–water partition coefficient (Wildman–Crippen LogP) is 2.49. The number of carbonyl (C=O) groups excluding carboxylic acids is 2. The maximum Gasteiger partial charge on any atom is 0.416 e. The monoisotopic (exact) mass is 272 g/mol. The number of carbonyl (C=O) groups is 2. The van der Waals surface area contributed by atoms with Crippen molar-refractivity contribution < 1.29 is 22.8 Å². The Morgan fingerprint density at radius 3 is 2.47 bits per heavy atom. The van der Waals surface area contributed by atoms with E-state index in [1.165, 1.54) is 17.0 Å². The van der Waals surface area contributed by atoms with Crippen molar-refractivity contribution in [2.75, 3.05) is 18.0 Å². The normalized spacial score (nSPS) is 16.4. The average molecular weight is 272 g/mol. The zero-order chi connectivity index (χ0) is 14.2. The molecule has 2 rings (SSSR count). The summed E-state index contributed by atoms with van der Waals surface area (Å²) in [6.45, 7) is 1.92. The van der Waals surface area contributed by atoms with Crippen LogP contribution < -0.4 is 4.90 Å². The van der Waals surface area contributed by atoms with Crippen molar-refractivity contribution in [1.82, 2.24) is 4.90 Å². The first-order valence-corrected chi connectivity index (χ1v) is 5.63. The molecule has 102 valence electrons. The fourth-order valence-electron chi connectivity index (χ4n) is 1.87. The molecule has 0 N–H and O–H groups in total. The Morgan fingerprint density at radius 1 is 1.26 bits per heavy atom. The number of anilines is 1. The molecule has 0 aromatic heterocycles. The van der Waals surface area contributed by atoms with Crippen molar-refractivity contribution in [3.63, 3.8) is 0 Å². The van der Waals surface area contributed by atoms with Crippen molar-refractivity contribution in [2.24, 2.45) is 0 Å². The average Bonchev–Trinajstić information content (AvgIpc) is 2.63. The molecular weight excluding hydrogens is 261 g/mol. The Hall–Kier alpha value is -2.05. The maximum atomic E-state index is 12.6. The highest BCUT2D eigenvalue weighted by molar-refractivity contribution is 6.19. The van der Waals surface area contributed by atoms with Crippen LogP contribution in [-0.2, 0) is 11.0 Å². The van der Waals surface area contributed by atoms with Crippen LogP contribution in [0.5, 0.6) is 0 Å². The Morgan fingerprint density at radius 2 is 1.95 bits per heavy atom. The SMILES string of the molecule is CCN1CC(=O)N(c2cccc(C(F)(F)F)c2)C1=O. The third kappa shape index (κ3) is 2.40. The molecule has 19 heavy (non-hydrogen) atoms. The fourth-order valence-corrected chi connectivity index (χ4v) is 1.87. The number of hydrogen-bond donors (Lipinski definition) is 0. The van der Waals surface area contributed by atoms with Crippen molar-refractivity contribution >= 4 is 17.6 Å². The van der Waals surface area contributed by atoms with Gasteiger partial charge in [-0.05, 0) is 25.1 Å². The predicted molar refractivity (Wildman–Crippen MR) is 61.6 cm³/mol. The van der Waals surface area contributed by atoms with Crippen LogP contribution in [0.4, 0.5) is 23.7 Å². The van der Waals surface area contributed by atoms with Crippen LogP contribution in [0.25, 0.3) is 0 Å². The van der Waals surface area contributed by atoms with Crippen molar-refractivity contribution in [3.05, 3.63) is 29.8 Å². The molecule has 1 aliphatic rings. The number of hydrogen-bond acceptors (Lipinski definition) is 2. The van der Waals surface area contributed by atoms with E-state index in [1.807, 2.05) is 0 Å². The van der Waals surface area contributed by atoms with Gasteiger partial charge in [-0.3, -0.25) is 4.79 Å². The van der Waals surface area contributed by atoms with Gasteiger partial charge in [0.15, 0.2) is 0 Å². The smallest absolute Gasteiger partial charge is 0.315 e. The first kappa shape index (κ1) is 13.4. The molecule has 0 spiro atoms. The number of benzene rings is 1. The first-order valence-electron chi connectivity index (χ1n) is 5.63. The van der Waals surface area contributed by atoms with Crippen LogP contribution >= 0.6 is 0 Å². The molecule has 0 saturated carbocycles. The molecule has 1 aromatic rings. The third-order valence-corrected chi connectivity index (χ3v) is 2.85. The Bertz CT molecular complexity index is 528. The number of alkyl halides is 3. The fraction of sp³-hybridized carbons (Fsp3) is 0.333. The van der Waals surface area contributed by atoms with Crippen LogP contribution in [-0.4, -0.2) is 29.9 Å². The summed E-state index contributed by atoms with van der Waals surface area (Å²) < 4.78 is 37.8. The van der Waals surface area contributed by atoms with Crippen LogP contribution in [0.15, 0.2) is 24.3 Å². The minimum atomic E-state index is -4.51. The summed E-state index contributed by atoms with van der Waals surface area (Å²) in [7, 11) is 0. The second-order valence-corrected chi connectivity index (χ2v) is 4.07. The van der Waals surface area contributed by atoms with E-state index in [0.717, 1.165) is 17.0 Å². The molecule has 1 fully saturated rings. The molecule has 0 unspecified atom stereocenters. The van der Waals surface area contributed by atoms with E-state index in [4.69, 9.17) is 0 Å². The number of urea groups is 1. The summed E-state index contributed by atoms with van der Waals surface area (Å²) in [4.78, 5) is 25.6. The summed E-state index contributed by atoms with van der Waals surface area (Å²) in [5, 5.41) is 0. The van der Waals surface area contributed by atoms with E-state index < -0.39 is 23.7 Å². The van der Waals surface area contributed by atoms with Gasteiger partial charge >= 0.3 is 12.2 Å². The van der Waals surface area contributed by atoms with E-state index in [0.29, 0.717) is 6.54 Å². The van der Waals surface area contributed by atoms with Crippen molar-refractivity contribution in [3.8, 4) is 0 Å². The Labute approximate surface area is 107 Å². The Kier molecular flexibility index (Phi) is 3.21. The van der Waals surface area contributed by atoms with Gasteiger partial charge in [0.1, 0.15) is 6.54 Å². The summed E-state index contributed by atoms with van der Waals surface area (Å²) in [5.41, 5.74) is -0.943. The first-order chi connectivity index (χ1) is 8.84. The number of likely N-dealkylation sites (N-methyl/N-ethyl adjacent to an activating group) is 1. The van der Waals surface area contributed by atoms with E-state index in [9.17, 15) is 22.8 Å². The second-order valence-electron chi connectivity index (χ2n) is 4.07. The van der Waals surface area contributed by atoms with Gasteiger partial charge in [0.25, 0.3) is 5.91 Å². The van der Waals surface area contributed by atoms with Gasteiger partial charge in [-0.1, -0.05) is 6.07 Å². The quantitative estimate of drug-likeness (QED) is 0.776. The zero-order valence-electron chi connectivity index (χ0n) is 10.1. The second kappa shape index (κ2) is 4.56. The minimum absolute atomic E-state index is 0.0548. The van der Waals surface area contributed by atoms with Crippen LogP contribution in [0.1, 0.15) is 12.5 Å². The van der Waals surface area contributed by atoms with E-state index in [2.05, 4.69) is 0 Å². The lowest BCUT2D eigenvalue weighted by molar-refractivity contribution is -0.137. The number of halogens is 3. The van der Waals surface area contributed by atoms with Crippen molar-refractivity contribution in [1.29, 1.82) is 0 Å². The highest BCUT2D eigenvalue weighted by atomic mass is 19.4. The molecule has 3 amide bonds. The molecule has 4 nitrogen and oxygen atoms in total. The maximum absolute atomic E-state index is 12.6. The molecule has 1 saturated heterocycles. The molecule has 7 heteroatoms. The summed E-state index contributed by atoms with van der Waals surface area (Å²) >= 11 is 0. The molecule has 0 aliphatic carbocycles. The third-order valence-electron chi connectivity index (χ3n) is 2.85. The van der Waals surface area contributed by atoms with E-state index >= 15 is 0 Å². The van der Waals surface area contributed by atoms with Gasteiger partial charge in [0.2, 0.25) is 0 Å². The lowest BCUT2D eigenvalue weighted by atomic mass is 10.2. The van der Waals surface area contributed by atoms with Crippen LogP contribution in [0.2, 0.25) is 0 Å². The van der Waals surface area contributed by atoms with Crippen molar-refractivity contribution in [2.45, 2.75) is 13.1 Å². The minimum Gasteiger partial charge on any atom is -0.315 e. The topological polar surface area (TPSA) is 40.6 Å². The van der Waals surface area contributed by atoms with Gasteiger partial charge in [-0.15, -0.1) is 0 Å². The highest BCUT2D eigenvalue weighted by Crippen LogP contribution is 2.32. The molecule has 1 heterocycles. The summed E-state index contributed by atoms with van der Waals surface area (Å²) in [6.07, 6.45) is -4.51. The zero-order valence-corrected chi connectivity index (χ0v) is 10.1. The molecule has 1 aliphatic heterocycles. The largest absolute Gasteiger partial charge is 0.416 e. The van der Waals surface area contributed by atoms with Gasteiger partial charge < -0.3 is 4.90 Å². The van der Waals surface area contributed by atoms with Gasteiger partial charge in [-0.25, -0.2) is 9.69 Å². The standard InChI is InChI=1S/C12H11F3N2O2/c1-2-16-7-10(18)17(11(16)19)9-5-3-4-8(6-9)12(13,14)15/h3-6H,2,7H2,1H3. The van der Waals surface area contributed by atoms with Gasteiger partial charge in [-0.2, -0.15) is 13.2 Å². The molecule has 1 aromatic carbocycles. The molecule has 0 atom stereocenters. The van der Waals surface area contributed by atoms with Gasteiger partial charge in [0, 0.05) is 6.54 Å². The van der Waals surface area contributed by atoms with Crippen LogP contribution in [0, 0.1) is 0 Å². The summed E-state index contributed by atoms with van der Waals surface area (Å²) in [6, 6.07) is 3.59. The highest BCUT2D eigenvalue weighted by Gasteiger charge is 2.37. The lowest BCUT2D eigenvalue weighted by Crippen LogP contribution is -2.33.